The first-order valence-corrected chi connectivity index (χ1v) is 14.8. The van der Waals surface area contributed by atoms with Crippen molar-refractivity contribution in [1.29, 1.82) is 0 Å². The molecule has 1 amide bonds. The maximum absolute atomic E-state index is 14.3. The number of rotatable bonds is 11. The smallest absolute Gasteiger partial charge is 0.311 e. The Kier molecular flexibility index (Phi) is 10.0. The molecule has 1 spiro atoms. The number of piperidine rings is 1. The van der Waals surface area contributed by atoms with Crippen LogP contribution in [0.4, 0.5) is 0 Å². The van der Waals surface area contributed by atoms with E-state index in [-0.39, 0.29) is 25.2 Å². The fourth-order valence-electron chi connectivity index (χ4n) is 6.54. The van der Waals surface area contributed by atoms with E-state index in [1.165, 1.54) is 11.9 Å². The van der Waals surface area contributed by atoms with E-state index < -0.39 is 53.0 Å². The van der Waals surface area contributed by atoms with Gasteiger partial charge >= 0.3 is 11.9 Å². The van der Waals surface area contributed by atoms with Crippen molar-refractivity contribution in [3.05, 3.63) is 71.3 Å². The quantitative estimate of drug-likeness (QED) is 0.264. The fourth-order valence-corrected chi connectivity index (χ4v) is 6.54. The number of ether oxygens (including phenoxy) is 2. The molecule has 232 valence electrons. The molecule has 4 rings (SSSR count). The van der Waals surface area contributed by atoms with E-state index in [2.05, 4.69) is 5.32 Å². The molecule has 1 aliphatic carbocycles. The van der Waals surface area contributed by atoms with Crippen LogP contribution in [0.25, 0.3) is 0 Å². The second kappa shape index (κ2) is 13.4. The van der Waals surface area contributed by atoms with Gasteiger partial charge in [-0.15, -0.1) is 0 Å². The van der Waals surface area contributed by atoms with Crippen LogP contribution < -0.4 is 11.1 Å². The number of fused-ring (bicyclic) bond motifs is 2. The van der Waals surface area contributed by atoms with Crippen LogP contribution in [0.3, 0.4) is 0 Å². The van der Waals surface area contributed by atoms with Gasteiger partial charge in [0.1, 0.15) is 17.6 Å². The molecule has 0 aromatic heterocycles. The van der Waals surface area contributed by atoms with Crippen molar-refractivity contribution in [1.82, 2.24) is 10.2 Å². The molecule has 0 bridgehead atoms. The van der Waals surface area contributed by atoms with Gasteiger partial charge in [-0.05, 0) is 63.4 Å². The van der Waals surface area contributed by atoms with Gasteiger partial charge in [-0.25, -0.2) is 0 Å². The van der Waals surface area contributed by atoms with E-state index in [4.69, 9.17) is 15.2 Å². The lowest BCUT2D eigenvalue weighted by Crippen LogP contribution is -2.51. The second-order valence-electron chi connectivity index (χ2n) is 12.6. The van der Waals surface area contributed by atoms with Gasteiger partial charge in [0.25, 0.3) is 0 Å². The summed E-state index contributed by atoms with van der Waals surface area (Å²) in [6.07, 6.45) is -0.368. The third kappa shape index (κ3) is 7.31. The van der Waals surface area contributed by atoms with Gasteiger partial charge in [0.2, 0.25) is 5.91 Å². The normalized spacial score (nSPS) is 20.6. The molecule has 2 aromatic rings. The van der Waals surface area contributed by atoms with Crippen LogP contribution in [-0.4, -0.2) is 71.6 Å². The van der Waals surface area contributed by atoms with Crippen LogP contribution in [0.1, 0.15) is 69.1 Å². The first kappa shape index (κ1) is 32.3. The van der Waals surface area contributed by atoms with Gasteiger partial charge in [0.15, 0.2) is 0 Å². The number of ketones is 1. The lowest BCUT2D eigenvalue weighted by Gasteiger charge is -2.41. The van der Waals surface area contributed by atoms with Crippen LogP contribution in [-0.2, 0) is 40.7 Å². The number of hydrogen-bond donors (Lipinski definition) is 3. The number of likely N-dealkylation sites (N-methyl/N-ethyl adjacent to an activating group) is 1. The monoisotopic (exact) mass is 593 g/mol. The SMILES string of the molecule is CN(C(=O)C(N)CC(=O)OC(C)(C)C)C(CC(=O)C1C(C(=O)O)c2ccccc2C12CCNCC2)OCc1ccccc1. The molecule has 1 saturated heterocycles. The predicted octanol–water partition coefficient (Wildman–Crippen LogP) is 3.13. The van der Waals surface area contributed by atoms with Gasteiger partial charge < -0.3 is 30.5 Å². The molecular formula is C33H43N3O7. The molecule has 2 aromatic carbocycles. The minimum absolute atomic E-state index is 0.111. The number of benzene rings is 2. The van der Waals surface area contributed by atoms with Crippen molar-refractivity contribution in [2.24, 2.45) is 11.7 Å². The first-order chi connectivity index (χ1) is 20.3. The Morgan fingerprint density at radius 1 is 1.02 bits per heavy atom. The first-order valence-electron chi connectivity index (χ1n) is 14.8. The standard InChI is InChI=1S/C33H43N3O7/c1-32(2,3)43-27(38)18-24(34)30(39)36(4)26(42-20-21-10-6-5-7-11-21)19-25(37)29-28(31(40)41)22-12-8-9-13-23(22)33(29)14-16-35-17-15-33/h5-13,24,26,28-29,35H,14-20,34H2,1-4H3,(H,40,41). The third-order valence-electron chi connectivity index (χ3n) is 8.43. The number of carbonyl (C=O) groups is 4. The minimum atomic E-state index is -1.21. The highest BCUT2D eigenvalue weighted by Gasteiger charge is 2.57. The van der Waals surface area contributed by atoms with Crippen molar-refractivity contribution in [2.45, 2.75) is 82.3 Å². The maximum atomic E-state index is 14.3. The molecule has 10 heteroatoms. The number of nitrogens with two attached hydrogens (primary N) is 1. The van der Waals surface area contributed by atoms with Crippen molar-refractivity contribution >= 4 is 23.6 Å². The Hall–Kier alpha value is -3.60. The number of esters is 1. The van der Waals surface area contributed by atoms with E-state index in [1.807, 2.05) is 42.5 Å². The average molecular weight is 594 g/mol. The number of nitrogens with one attached hydrogen (secondary N) is 1. The van der Waals surface area contributed by atoms with Crippen LogP contribution in [0.15, 0.2) is 54.6 Å². The van der Waals surface area contributed by atoms with E-state index in [0.717, 1.165) is 11.1 Å². The zero-order valence-electron chi connectivity index (χ0n) is 25.4. The molecule has 1 heterocycles. The highest BCUT2D eigenvalue weighted by molar-refractivity contribution is 5.94. The van der Waals surface area contributed by atoms with Crippen LogP contribution >= 0.6 is 0 Å². The Balaban J connectivity index is 1.61. The number of hydrogen-bond acceptors (Lipinski definition) is 8. The van der Waals surface area contributed by atoms with Gasteiger partial charge in [-0.3, -0.25) is 19.2 Å². The molecule has 1 aliphatic heterocycles. The fraction of sp³-hybridized carbons (Fsp3) is 0.515. The summed E-state index contributed by atoms with van der Waals surface area (Å²) in [6.45, 7) is 6.62. The van der Waals surface area contributed by atoms with Gasteiger partial charge in [0.05, 0.1) is 31.4 Å². The number of aliphatic carboxylic acids is 1. The van der Waals surface area contributed by atoms with Crippen LogP contribution in [0.5, 0.6) is 0 Å². The van der Waals surface area contributed by atoms with Crippen molar-refractivity contribution in [3.63, 3.8) is 0 Å². The Morgan fingerprint density at radius 2 is 1.65 bits per heavy atom. The summed E-state index contributed by atoms with van der Waals surface area (Å²) >= 11 is 0. The topological polar surface area (TPSA) is 148 Å². The molecule has 2 aliphatic rings. The molecule has 43 heavy (non-hydrogen) atoms. The lowest BCUT2D eigenvalue weighted by atomic mass is 9.65. The molecule has 4 N–H and O–H groups in total. The molecule has 4 atom stereocenters. The zero-order valence-corrected chi connectivity index (χ0v) is 25.4. The van der Waals surface area contributed by atoms with Gasteiger partial charge in [-0.2, -0.15) is 0 Å². The van der Waals surface area contributed by atoms with E-state index >= 15 is 0 Å². The zero-order chi connectivity index (χ0) is 31.4. The van der Waals surface area contributed by atoms with Gasteiger partial charge in [-0.1, -0.05) is 54.6 Å². The number of nitrogens with zero attached hydrogens (tertiary/aromatic N) is 1. The molecule has 4 unspecified atom stereocenters. The third-order valence-corrected chi connectivity index (χ3v) is 8.43. The van der Waals surface area contributed by atoms with E-state index in [1.54, 1.807) is 32.9 Å². The maximum Gasteiger partial charge on any atom is 0.311 e. The predicted molar refractivity (Wildman–Crippen MR) is 160 cm³/mol. The largest absolute Gasteiger partial charge is 0.481 e. The summed E-state index contributed by atoms with van der Waals surface area (Å²) in [5.74, 6) is -4.37. The summed E-state index contributed by atoms with van der Waals surface area (Å²) in [5.41, 5.74) is 7.20. The average Bonchev–Trinajstić information content (AvgIpc) is 3.24. The molecule has 0 radical (unpaired) electrons. The Labute approximate surface area is 252 Å². The number of carbonyl (C=O) groups excluding carboxylic acids is 3. The summed E-state index contributed by atoms with van der Waals surface area (Å²) in [4.78, 5) is 54.1. The highest BCUT2D eigenvalue weighted by Crippen LogP contribution is 2.55. The van der Waals surface area contributed by atoms with Crippen LogP contribution in [0, 0.1) is 5.92 Å². The highest BCUT2D eigenvalue weighted by atomic mass is 16.6. The number of amides is 1. The van der Waals surface area contributed by atoms with Crippen molar-refractivity contribution in [3.8, 4) is 0 Å². The molecular weight excluding hydrogens is 550 g/mol. The van der Waals surface area contributed by atoms with Crippen molar-refractivity contribution in [2.75, 3.05) is 20.1 Å². The summed E-state index contributed by atoms with van der Waals surface area (Å²) in [7, 11) is 1.48. The van der Waals surface area contributed by atoms with Crippen molar-refractivity contribution < 1.29 is 33.8 Å². The number of carboxylic acids is 1. The number of carboxylic acid groups (broad SMARTS) is 1. The Bertz CT molecular complexity index is 1320. The Morgan fingerprint density at radius 3 is 2.28 bits per heavy atom. The summed E-state index contributed by atoms with van der Waals surface area (Å²) in [6, 6.07) is 15.6. The van der Waals surface area contributed by atoms with E-state index in [9.17, 15) is 24.3 Å². The number of Topliss-reactive ketones (excluding diaryl/α,β-unsaturated/α-hetero) is 1. The van der Waals surface area contributed by atoms with E-state index in [0.29, 0.717) is 31.5 Å². The molecule has 10 nitrogen and oxygen atoms in total. The molecule has 0 saturated carbocycles. The van der Waals surface area contributed by atoms with Crippen LogP contribution in [0.2, 0.25) is 0 Å². The van der Waals surface area contributed by atoms with Gasteiger partial charge in [0, 0.05) is 18.4 Å². The summed E-state index contributed by atoms with van der Waals surface area (Å²) < 4.78 is 11.5. The molecule has 1 fully saturated rings. The lowest BCUT2D eigenvalue weighted by molar-refractivity contribution is -0.160. The minimum Gasteiger partial charge on any atom is -0.481 e. The second-order valence-corrected chi connectivity index (χ2v) is 12.6. The summed E-state index contributed by atoms with van der Waals surface area (Å²) in [5, 5.41) is 13.7.